The van der Waals surface area contributed by atoms with Crippen LogP contribution in [0.5, 0.6) is 11.5 Å². The Bertz CT molecular complexity index is 1020. The average molecular weight is 456 g/mol. The molecule has 0 aromatic heterocycles. The summed E-state index contributed by atoms with van der Waals surface area (Å²) < 4.78 is 23.1. The van der Waals surface area contributed by atoms with E-state index in [1.54, 1.807) is 12.1 Å². The van der Waals surface area contributed by atoms with Crippen LogP contribution < -0.4 is 14.8 Å². The fourth-order valence-electron chi connectivity index (χ4n) is 3.60. The maximum Gasteiger partial charge on any atom is 0.243 e. The lowest BCUT2D eigenvalue weighted by Gasteiger charge is -2.29. The van der Waals surface area contributed by atoms with Crippen LogP contribution >= 0.6 is 0 Å². The second-order valence-electron chi connectivity index (χ2n) is 8.21. The summed E-state index contributed by atoms with van der Waals surface area (Å²) >= 11 is 0. The van der Waals surface area contributed by atoms with E-state index in [1.807, 2.05) is 51.1 Å². The third-order valence-corrected chi connectivity index (χ3v) is 5.56. The highest BCUT2D eigenvalue weighted by Crippen LogP contribution is 2.32. The minimum absolute atomic E-state index is 0.0472. The highest BCUT2D eigenvalue weighted by molar-refractivity contribution is 6.06. The van der Waals surface area contributed by atoms with Crippen LogP contribution in [0.15, 0.2) is 47.6 Å². The molecular weight excluding hydrogens is 425 g/mol. The molecule has 2 aromatic carbocycles. The predicted molar refractivity (Wildman–Crippen MR) is 125 cm³/mol. The highest BCUT2D eigenvalue weighted by Gasteiger charge is 2.29. The number of methoxy groups -OCH3 is 1. The van der Waals surface area contributed by atoms with Crippen LogP contribution in [0.2, 0.25) is 0 Å². The third-order valence-electron chi connectivity index (χ3n) is 5.56. The maximum atomic E-state index is 12.8. The van der Waals surface area contributed by atoms with Crippen LogP contribution in [0, 0.1) is 11.8 Å². The second-order valence-corrected chi connectivity index (χ2v) is 8.21. The Morgan fingerprint density at radius 2 is 1.94 bits per heavy atom. The number of benzene rings is 2. The Balaban J connectivity index is 1.84. The number of nitrogens with zero attached hydrogens (tertiary/aromatic N) is 2. The number of hydrogen-bond acceptors (Lipinski definition) is 5. The van der Waals surface area contributed by atoms with E-state index in [4.69, 9.17) is 9.47 Å². The van der Waals surface area contributed by atoms with E-state index >= 15 is 0 Å². The summed E-state index contributed by atoms with van der Waals surface area (Å²) in [5, 5.41) is 8.99. The lowest BCUT2D eigenvalue weighted by atomic mass is 9.89. The van der Waals surface area contributed by atoms with Gasteiger partial charge in [-0.15, -0.1) is 0 Å². The van der Waals surface area contributed by atoms with Crippen molar-refractivity contribution in [2.45, 2.75) is 40.2 Å². The highest BCUT2D eigenvalue weighted by atomic mass is 19.1. The monoisotopic (exact) mass is 455 g/mol. The molecule has 3 rings (SSSR count). The molecule has 2 amide bonds. The molecule has 1 aliphatic rings. The Hall–Kier alpha value is -3.42. The molecule has 0 fully saturated rings. The molecule has 0 radical (unpaired) electrons. The molecule has 1 heterocycles. The Labute approximate surface area is 193 Å². The van der Waals surface area contributed by atoms with Gasteiger partial charge < -0.3 is 14.8 Å². The van der Waals surface area contributed by atoms with Gasteiger partial charge in [0.15, 0.2) is 11.5 Å². The normalized spacial score (nSPS) is 15.9. The molecule has 7 nitrogen and oxygen atoms in total. The minimum atomic E-state index is -0.971. The summed E-state index contributed by atoms with van der Waals surface area (Å²) in [7, 11) is 1.49. The summed E-state index contributed by atoms with van der Waals surface area (Å²) in [6.45, 7) is 5.01. The van der Waals surface area contributed by atoms with Crippen LogP contribution in [-0.2, 0) is 16.1 Å². The fraction of sp³-hybridized carbons (Fsp3) is 0.400. The molecule has 1 N–H and O–H groups in total. The van der Waals surface area contributed by atoms with Gasteiger partial charge in [0.05, 0.1) is 19.4 Å². The van der Waals surface area contributed by atoms with Crippen molar-refractivity contribution in [1.29, 1.82) is 0 Å². The lowest BCUT2D eigenvalue weighted by Crippen LogP contribution is -2.36. The number of ether oxygens (including phenoxy) is 2. The van der Waals surface area contributed by atoms with Crippen molar-refractivity contribution in [2.24, 2.45) is 16.9 Å². The number of alkyl halides is 1. The zero-order valence-electron chi connectivity index (χ0n) is 19.4. The van der Waals surface area contributed by atoms with E-state index in [0.29, 0.717) is 24.4 Å². The number of hydrazone groups is 1. The summed E-state index contributed by atoms with van der Waals surface area (Å²) in [5.74, 6) is 0.453. The summed E-state index contributed by atoms with van der Waals surface area (Å²) in [6.07, 6.45) is 1.08. The van der Waals surface area contributed by atoms with Crippen LogP contribution in [0.1, 0.15) is 44.7 Å². The molecule has 0 saturated heterocycles. The standard InChI is InChI=1S/C25H30FN3O4/c1-5-18-13-23(30)29(14-17-6-9-20(10-7-17)27-25(31)16(2)3)28-24(18)19-8-11-21(32-4)22(12-19)33-15-26/h6-12,16,18H,5,13-15H2,1-4H3,(H,27,31). The summed E-state index contributed by atoms with van der Waals surface area (Å²) in [5.41, 5.74) is 3.11. The molecule has 8 heteroatoms. The fourth-order valence-corrected chi connectivity index (χ4v) is 3.60. The molecule has 0 aliphatic carbocycles. The zero-order valence-corrected chi connectivity index (χ0v) is 19.4. The molecular formula is C25H30FN3O4. The van der Waals surface area contributed by atoms with E-state index < -0.39 is 6.86 Å². The first-order valence-electron chi connectivity index (χ1n) is 11.0. The van der Waals surface area contributed by atoms with Crippen LogP contribution in [0.3, 0.4) is 0 Å². The van der Waals surface area contributed by atoms with E-state index in [0.717, 1.165) is 23.3 Å². The number of carbonyl (C=O) groups excluding carboxylic acids is 2. The lowest BCUT2D eigenvalue weighted by molar-refractivity contribution is -0.133. The Morgan fingerprint density at radius 1 is 1.21 bits per heavy atom. The van der Waals surface area contributed by atoms with E-state index in [9.17, 15) is 14.0 Å². The Morgan fingerprint density at radius 3 is 2.55 bits per heavy atom. The van der Waals surface area contributed by atoms with Gasteiger partial charge >= 0.3 is 0 Å². The average Bonchev–Trinajstić information content (AvgIpc) is 2.81. The van der Waals surface area contributed by atoms with Gasteiger partial charge in [0.1, 0.15) is 0 Å². The van der Waals surface area contributed by atoms with Gasteiger partial charge in [0.25, 0.3) is 0 Å². The van der Waals surface area contributed by atoms with Crippen molar-refractivity contribution >= 4 is 23.2 Å². The predicted octanol–water partition coefficient (Wildman–Crippen LogP) is 4.76. The van der Waals surface area contributed by atoms with Crippen molar-refractivity contribution in [1.82, 2.24) is 5.01 Å². The van der Waals surface area contributed by atoms with Crippen molar-refractivity contribution in [2.75, 3.05) is 19.3 Å². The van der Waals surface area contributed by atoms with Crippen LogP contribution in [0.4, 0.5) is 10.1 Å². The van der Waals surface area contributed by atoms with Crippen LogP contribution in [0.25, 0.3) is 0 Å². The second kappa shape index (κ2) is 10.9. The number of nitrogens with one attached hydrogen (secondary N) is 1. The zero-order chi connectivity index (χ0) is 24.0. The number of carbonyl (C=O) groups is 2. The van der Waals surface area contributed by atoms with E-state index in [1.165, 1.54) is 12.1 Å². The maximum absolute atomic E-state index is 12.8. The minimum Gasteiger partial charge on any atom is -0.493 e. The molecule has 0 bridgehead atoms. The smallest absolute Gasteiger partial charge is 0.243 e. The van der Waals surface area contributed by atoms with Gasteiger partial charge in [-0.05, 0) is 42.3 Å². The molecule has 1 unspecified atom stereocenters. The summed E-state index contributed by atoms with van der Waals surface area (Å²) in [4.78, 5) is 24.6. The van der Waals surface area contributed by atoms with Gasteiger partial charge in [-0.3, -0.25) is 9.59 Å². The Kier molecular flexibility index (Phi) is 8.03. The first-order valence-corrected chi connectivity index (χ1v) is 11.0. The number of amides is 2. The molecule has 1 atom stereocenters. The summed E-state index contributed by atoms with van der Waals surface area (Å²) in [6, 6.07) is 12.6. The quantitative estimate of drug-likeness (QED) is 0.591. The number of rotatable bonds is 9. The van der Waals surface area contributed by atoms with Crippen LogP contribution in [-0.4, -0.2) is 36.5 Å². The van der Waals surface area contributed by atoms with Crippen molar-refractivity contribution in [3.8, 4) is 11.5 Å². The largest absolute Gasteiger partial charge is 0.493 e. The topological polar surface area (TPSA) is 80.2 Å². The number of anilines is 1. The van der Waals surface area contributed by atoms with E-state index in [-0.39, 0.29) is 29.4 Å². The molecule has 0 saturated carbocycles. The first kappa shape index (κ1) is 24.2. The van der Waals surface area contributed by atoms with Gasteiger partial charge in [-0.25, -0.2) is 9.40 Å². The molecule has 2 aromatic rings. The van der Waals surface area contributed by atoms with E-state index in [2.05, 4.69) is 10.4 Å². The van der Waals surface area contributed by atoms with Crippen molar-refractivity contribution < 1.29 is 23.5 Å². The van der Waals surface area contributed by atoms with Gasteiger partial charge in [0.2, 0.25) is 18.7 Å². The molecule has 176 valence electrons. The van der Waals surface area contributed by atoms with Gasteiger partial charge in [0, 0.05) is 29.5 Å². The van der Waals surface area contributed by atoms with Crippen molar-refractivity contribution in [3.05, 3.63) is 53.6 Å². The number of halogens is 1. The third kappa shape index (κ3) is 5.88. The molecule has 33 heavy (non-hydrogen) atoms. The van der Waals surface area contributed by atoms with Gasteiger partial charge in [-0.2, -0.15) is 5.10 Å². The van der Waals surface area contributed by atoms with Gasteiger partial charge in [-0.1, -0.05) is 32.9 Å². The SMILES string of the molecule is CCC1CC(=O)N(Cc2ccc(NC(=O)C(C)C)cc2)N=C1c1ccc(OC)c(OCF)c1. The molecule has 1 aliphatic heterocycles. The van der Waals surface area contributed by atoms with Crippen molar-refractivity contribution in [3.63, 3.8) is 0 Å². The number of hydrogen-bond donors (Lipinski definition) is 1. The first-order chi connectivity index (χ1) is 15.9. The molecule has 0 spiro atoms.